The predicted octanol–water partition coefficient (Wildman–Crippen LogP) is 2.30. The maximum Gasteiger partial charge on any atom is 0.329 e. The topological polar surface area (TPSA) is 98.7 Å². The van der Waals surface area contributed by atoms with E-state index in [2.05, 4.69) is 10.6 Å². The number of rotatable bonds is 4. The number of nitrogens with zero attached hydrogens (tertiary/aromatic N) is 1. The van der Waals surface area contributed by atoms with Gasteiger partial charge in [-0.2, -0.15) is 0 Å². The summed E-state index contributed by atoms with van der Waals surface area (Å²) in [7, 11) is 0. The molecule has 1 aliphatic rings. The Balaban J connectivity index is 2.09. The van der Waals surface area contributed by atoms with Crippen LogP contribution >= 0.6 is 0 Å². The molecule has 1 saturated heterocycles. The fourth-order valence-electron chi connectivity index (χ4n) is 2.79. The second kappa shape index (κ2) is 6.90. The second-order valence-corrected chi connectivity index (χ2v) is 6.47. The van der Waals surface area contributed by atoms with Gasteiger partial charge in [-0.25, -0.2) is 9.59 Å². The summed E-state index contributed by atoms with van der Waals surface area (Å²) in [5.41, 5.74) is -0.197. The Labute approximate surface area is 141 Å². The molecule has 3 N–H and O–H groups in total. The molecule has 1 fully saturated rings. The number of carbonyl (C=O) groups is 3. The molecule has 7 nitrogen and oxygen atoms in total. The van der Waals surface area contributed by atoms with Crippen molar-refractivity contribution in [1.29, 1.82) is 0 Å². The summed E-state index contributed by atoms with van der Waals surface area (Å²) < 4.78 is 0. The zero-order valence-electron chi connectivity index (χ0n) is 14.1. The highest BCUT2D eigenvalue weighted by molar-refractivity contribution is 5.99. The molecule has 0 aromatic heterocycles. The average molecular weight is 333 g/mol. The first-order valence-electron chi connectivity index (χ1n) is 7.97. The molecule has 1 heterocycles. The van der Waals surface area contributed by atoms with Crippen molar-refractivity contribution in [2.75, 3.05) is 11.9 Å². The number of amides is 3. The van der Waals surface area contributed by atoms with Crippen molar-refractivity contribution in [3.63, 3.8) is 0 Å². The van der Waals surface area contributed by atoms with Crippen molar-refractivity contribution in [2.24, 2.45) is 0 Å². The number of carboxylic acid groups (broad SMARTS) is 1. The van der Waals surface area contributed by atoms with Gasteiger partial charge >= 0.3 is 12.0 Å². The van der Waals surface area contributed by atoms with Crippen LogP contribution in [-0.4, -0.2) is 46.0 Å². The van der Waals surface area contributed by atoms with Crippen LogP contribution in [0.25, 0.3) is 0 Å². The lowest BCUT2D eigenvalue weighted by molar-refractivity contribution is -0.147. The Morgan fingerprint density at radius 2 is 1.83 bits per heavy atom. The molecule has 0 spiro atoms. The third-order valence-corrected chi connectivity index (χ3v) is 4.16. The first-order valence-corrected chi connectivity index (χ1v) is 7.97. The van der Waals surface area contributed by atoms with E-state index in [9.17, 15) is 19.5 Å². The molecule has 0 saturated carbocycles. The van der Waals surface area contributed by atoms with E-state index in [1.54, 1.807) is 31.2 Å². The highest BCUT2D eigenvalue weighted by Gasteiger charge is 2.46. The first kappa shape index (κ1) is 17.8. The van der Waals surface area contributed by atoms with E-state index < -0.39 is 11.5 Å². The Kier molecular flexibility index (Phi) is 5.11. The zero-order chi connectivity index (χ0) is 17.9. The van der Waals surface area contributed by atoms with Gasteiger partial charge in [-0.3, -0.25) is 4.79 Å². The Morgan fingerprint density at radius 1 is 1.21 bits per heavy atom. The number of hydrogen-bond donors (Lipinski definition) is 3. The molecule has 0 bridgehead atoms. The third kappa shape index (κ3) is 3.67. The standard InChI is InChI=1S/C17H23N3O4/c1-11(2)18-16(24)19-13-7-5-12(6-8-13)14(21)20-10-4-9-17(20,3)15(22)23/h5-8,11H,4,9-10H2,1-3H3,(H,22,23)(H2,18,19,24). The Hall–Kier alpha value is -2.57. The monoisotopic (exact) mass is 333 g/mol. The molecule has 24 heavy (non-hydrogen) atoms. The van der Waals surface area contributed by atoms with Crippen molar-refractivity contribution < 1.29 is 19.5 Å². The van der Waals surface area contributed by atoms with Crippen molar-refractivity contribution in [1.82, 2.24) is 10.2 Å². The zero-order valence-corrected chi connectivity index (χ0v) is 14.1. The fraction of sp³-hybridized carbons (Fsp3) is 0.471. The van der Waals surface area contributed by atoms with Gasteiger partial charge in [0.15, 0.2) is 0 Å². The van der Waals surface area contributed by atoms with E-state index in [-0.39, 0.29) is 18.0 Å². The van der Waals surface area contributed by atoms with Crippen LogP contribution in [0.5, 0.6) is 0 Å². The van der Waals surface area contributed by atoms with E-state index in [0.29, 0.717) is 30.6 Å². The molecule has 1 unspecified atom stereocenters. The maximum absolute atomic E-state index is 12.6. The lowest BCUT2D eigenvalue weighted by Crippen LogP contribution is -2.50. The van der Waals surface area contributed by atoms with E-state index in [1.165, 1.54) is 4.90 Å². The van der Waals surface area contributed by atoms with Gasteiger partial charge < -0.3 is 20.6 Å². The summed E-state index contributed by atoms with van der Waals surface area (Å²) in [6, 6.07) is 6.14. The lowest BCUT2D eigenvalue weighted by atomic mass is 9.98. The minimum absolute atomic E-state index is 0.0229. The van der Waals surface area contributed by atoms with Crippen LogP contribution in [0.3, 0.4) is 0 Å². The maximum atomic E-state index is 12.6. The fourth-order valence-corrected chi connectivity index (χ4v) is 2.79. The van der Waals surface area contributed by atoms with E-state index in [1.807, 2.05) is 13.8 Å². The number of urea groups is 1. The molecule has 0 aliphatic carbocycles. The molecule has 0 radical (unpaired) electrons. The quantitative estimate of drug-likeness (QED) is 0.787. The van der Waals surface area contributed by atoms with E-state index in [0.717, 1.165) is 0 Å². The number of anilines is 1. The highest BCUT2D eigenvalue weighted by Crippen LogP contribution is 2.30. The summed E-state index contributed by atoms with van der Waals surface area (Å²) >= 11 is 0. The normalized spacial score (nSPS) is 20.1. The molecule has 3 amide bonds. The van der Waals surface area contributed by atoms with Gasteiger partial charge in [0.1, 0.15) is 5.54 Å². The third-order valence-electron chi connectivity index (χ3n) is 4.16. The predicted molar refractivity (Wildman–Crippen MR) is 90.0 cm³/mol. The molecule has 7 heteroatoms. The number of carbonyl (C=O) groups excluding carboxylic acids is 2. The molecule has 1 aromatic carbocycles. The minimum Gasteiger partial charge on any atom is -0.480 e. The van der Waals surface area contributed by atoms with Gasteiger partial charge in [-0.05, 0) is 57.9 Å². The van der Waals surface area contributed by atoms with Crippen molar-refractivity contribution in [2.45, 2.75) is 45.2 Å². The second-order valence-electron chi connectivity index (χ2n) is 6.47. The number of aliphatic carboxylic acids is 1. The SMILES string of the molecule is CC(C)NC(=O)Nc1ccc(C(=O)N2CCCC2(C)C(=O)O)cc1. The van der Waals surface area contributed by atoms with Crippen LogP contribution in [0.1, 0.15) is 44.0 Å². The largest absolute Gasteiger partial charge is 0.480 e. The Morgan fingerprint density at radius 3 is 2.38 bits per heavy atom. The van der Waals surface area contributed by atoms with Crippen molar-refractivity contribution >= 4 is 23.6 Å². The van der Waals surface area contributed by atoms with Crippen LogP contribution < -0.4 is 10.6 Å². The van der Waals surface area contributed by atoms with Gasteiger partial charge in [0.25, 0.3) is 5.91 Å². The van der Waals surface area contributed by atoms with Gasteiger partial charge in [0.05, 0.1) is 0 Å². The smallest absolute Gasteiger partial charge is 0.329 e. The molecule has 1 aliphatic heterocycles. The molecular weight excluding hydrogens is 310 g/mol. The number of carboxylic acids is 1. The minimum atomic E-state index is -1.16. The number of nitrogens with one attached hydrogen (secondary N) is 2. The lowest BCUT2D eigenvalue weighted by Gasteiger charge is -2.31. The first-order chi connectivity index (χ1) is 11.2. The summed E-state index contributed by atoms with van der Waals surface area (Å²) in [6.07, 6.45) is 1.12. The van der Waals surface area contributed by atoms with Gasteiger partial charge in [0, 0.05) is 23.8 Å². The Bertz CT molecular complexity index is 642. The number of likely N-dealkylation sites (tertiary alicyclic amines) is 1. The highest BCUT2D eigenvalue weighted by atomic mass is 16.4. The van der Waals surface area contributed by atoms with Crippen molar-refractivity contribution in [3.8, 4) is 0 Å². The van der Waals surface area contributed by atoms with Gasteiger partial charge in [-0.15, -0.1) is 0 Å². The van der Waals surface area contributed by atoms with Crippen LogP contribution in [0, 0.1) is 0 Å². The van der Waals surface area contributed by atoms with Crippen LogP contribution in [0.4, 0.5) is 10.5 Å². The van der Waals surface area contributed by atoms with E-state index in [4.69, 9.17) is 0 Å². The van der Waals surface area contributed by atoms with Gasteiger partial charge in [0.2, 0.25) is 0 Å². The average Bonchev–Trinajstić information content (AvgIpc) is 2.90. The summed E-state index contributed by atoms with van der Waals surface area (Å²) in [4.78, 5) is 37.1. The number of hydrogen-bond acceptors (Lipinski definition) is 3. The van der Waals surface area contributed by atoms with Crippen molar-refractivity contribution in [3.05, 3.63) is 29.8 Å². The summed E-state index contributed by atoms with van der Waals surface area (Å²) in [5.74, 6) is -1.30. The molecule has 1 aromatic rings. The van der Waals surface area contributed by atoms with Crippen LogP contribution in [-0.2, 0) is 4.79 Å². The van der Waals surface area contributed by atoms with Gasteiger partial charge in [-0.1, -0.05) is 0 Å². The summed E-state index contributed by atoms with van der Waals surface area (Å²) in [6.45, 7) is 5.72. The molecular formula is C17H23N3O4. The van der Waals surface area contributed by atoms with E-state index >= 15 is 0 Å². The number of benzene rings is 1. The summed E-state index contributed by atoms with van der Waals surface area (Å²) in [5, 5.41) is 14.8. The van der Waals surface area contributed by atoms with Crippen LogP contribution in [0.15, 0.2) is 24.3 Å². The molecule has 1 atom stereocenters. The molecule has 2 rings (SSSR count). The molecule has 130 valence electrons. The van der Waals surface area contributed by atoms with Crippen LogP contribution in [0.2, 0.25) is 0 Å².